The van der Waals surface area contributed by atoms with Crippen LogP contribution in [0, 0.1) is 0 Å². The molecule has 13 heavy (non-hydrogen) atoms. The van der Waals surface area contributed by atoms with Crippen LogP contribution in [0.2, 0.25) is 0 Å². The van der Waals surface area contributed by atoms with Crippen LogP contribution < -0.4 is 0 Å². The summed E-state index contributed by atoms with van der Waals surface area (Å²) >= 11 is 0. The summed E-state index contributed by atoms with van der Waals surface area (Å²) in [5, 5.41) is 0. The molecule has 0 heteroatoms. The van der Waals surface area contributed by atoms with Gasteiger partial charge in [-0.2, -0.15) is 0 Å². The third kappa shape index (κ3) is 48.0. The topological polar surface area (TPSA) is 0 Å². The lowest BCUT2D eigenvalue weighted by Crippen LogP contribution is -1.47. The molecule has 0 N–H and O–H groups in total. The summed E-state index contributed by atoms with van der Waals surface area (Å²) in [6.45, 7) is 16.0. The molecule has 0 aromatic heterocycles. The van der Waals surface area contributed by atoms with E-state index in [4.69, 9.17) is 0 Å². The Labute approximate surface area is 88.1 Å². The summed E-state index contributed by atoms with van der Waals surface area (Å²) in [4.78, 5) is 0. The van der Waals surface area contributed by atoms with Gasteiger partial charge >= 0.3 is 0 Å². The standard InChI is InChI=1S/C5H10.4C2H6/c1-2-4-5-3-1;4*1-2/h1-5H2;4*1-2H3. The second-order valence-electron chi connectivity index (χ2n) is 1.77. The van der Waals surface area contributed by atoms with Crippen LogP contribution in [-0.2, 0) is 0 Å². The fraction of sp³-hybridized carbons (Fsp3) is 1.00. The van der Waals surface area contributed by atoms with E-state index >= 15 is 0 Å². The first-order chi connectivity index (χ1) is 6.50. The molecule has 0 heterocycles. The highest BCUT2D eigenvalue weighted by Gasteiger charge is 1.95. The van der Waals surface area contributed by atoms with E-state index in [1.165, 1.54) is 32.1 Å². The van der Waals surface area contributed by atoms with Gasteiger partial charge in [0.1, 0.15) is 0 Å². The summed E-state index contributed by atoms with van der Waals surface area (Å²) < 4.78 is 0. The quantitative estimate of drug-likeness (QED) is 0.436. The maximum absolute atomic E-state index is 2.00. The predicted molar refractivity (Wildman–Crippen MR) is 68.5 cm³/mol. The Hall–Kier alpha value is 0. The van der Waals surface area contributed by atoms with E-state index in [0.29, 0.717) is 0 Å². The van der Waals surface area contributed by atoms with Crippen LogP contribution in [-0.4, -0.2) is 0 Å². The van der Waals surface area contributed by atoms with Gasteiger partial charge < -0.3 is 0 Å². The van der Waals surface area contributed by atoms with Gasteiger partial charge in [0, 0.05) is 0 Å². The van der Waals surface area contributed by atoms with Crippen LogP contribution in [0.5, 0.6) is 0 Å². The SMILES string of the molecule is C1CCCC1.CC.CC.CC.CC. The van der Waals surface area contributed by atoms with Crippen LogP contribution >= 0.6 is 0 Å². The lowest BCUT2D eigenvalue weighted by Gasteiger charge is -1.67. The first-order valence-electron chi connectivity index (χ1n) is 6.50. The van der Waals surface area contributed by atoms with Crippen LogP contribution in [0.3, 0.4) is 0 Å². The minimum atomic E-state index is 1.50. The van der Waals surface area contributed by atoms with Gasteiger partial charge in [0.15, 0.2) is 0 Å². The average molecular weight is 190 g/mol. The van der Waals surface area contributed by atoms with Crippen molar-refractivity contribution in [2.45, 2.75) is 87.5 Å². The summed E-state index contributed by atoms with van der Waals surface area (Å²) in [5.41, 5.74) is 0. The van der Waals surface area contributed by atoms with E-state index in [0.717, 1.165) is 0 Å². The van der Waals surface area contributed by atoms with Gasteiger partial charge in [-0.25, -0.2) is 0 Å². The molecular formula is C13H34. The lowest BCUT2D eigenvalue weighted by atomic mass is 10.4. The lowest BCUT2D eigenvalue weighted by molar-refractivity contribution is 0.886. The van der Waals surface area contributed by atoms with Crippen LogP contribution in [0.1, 0.15) is 87.5 Å². The Morgan fingerprint density at radius 3 is 0.462 bits per heavy atom. The number of hydrogen-bond acceptors (Lipinski definition) is 0. The van der Waals surface area contributed by atoms with Crippen LogP contribution in [0.15, 0.2) is 0 Å². The molecule has 0 bridgehead atoms. The van der Waals surface area contributed by atoms with E-state index in [1.54, 1.807) is 0 Å². The fourth-order valence-electron chi connectivity index (χ4n) is 0.884. The summed E-state index contributed by atoms with van der Waals surface area (Å²) in [6, 6.07) is 0. The molecule has 0 spiro atoms. The largest absolute Gasteiger partial charge is 0.0683 e. The molecule has 0 nitrogen and oxygen atoms in total. The highest BCUT2D eigenvalue weighted by molar-refractivity contribution is 4.51. The van der Waals surface area contributed by atoms with Crippen molar-refractivity contribution in [1.29, 1.82) is 0 Å². The molecule has 86 valence electrons. The van der Waals surface area contributed by atoms with Crippen molar-refractivity contribution in [3.8, 4) is 0 Å². The second kappa shape index (κ2) is 58.1. The van der Waals surface area contributed by atoms with Crippen molar-refractivity contribution in [2.24, 2.45) is 0 Å². The van der Waals surface area contributed by atoms with E-state index in [1.807, 2.05) is 55.4 Å². The Bertz CT molecular complexity index is 11.6. The Morgan fingerprint density at radius 1 is 0.308 bits per heavy atom. The molecule has 0 aromatic carbocycles. The monoisotopic (exact) mass is 190 g/mol. The highest BCUT2D eigenvalue weighted by Crippen LogP contribution is 2.15. The minimum Gasteiger partial charge on any atom is -0.0683 e. The average Bonchev–Trinajstić information content (AvgIpc) is 2.87. The molecule has 1 aliphatic carbocycles. The molecule has 1 aliphatic rings. The van der Waals surface area contributed by atoms with Crippen molar-refractivity contribution in [2.75, 3.05) is 0 Å². The molecule has 0 atom stereocenters. The number of hydrogen-bond donors (Lipinski definition) is 0. The number of rotatable bonds is 0. The first kappa shape index (κ1) is 23.1. The fourth-order valence-corrected chi connectivity index (χ4v) is 0.884. The third-order valence-corrected chi connectivity index (χ3v) is 1.25. The molecule has 0 amide bonds. The van der Waals surface area contributed by atoms with Gasteiger partial charge in [0.25, 0.3) is 0 Å². The molecule has 0 unspecified atom stereocenters. The zero-order chi connectivity index (χ0) is 11.5. The van der Waals surface area contributed by atoms with E-state index in [-0.39, 0.29) is 0 Å². The maximum Gasteiger partial charge on any atom is -0.0533 e. The second-order valence-corrected chi connectivity index (χ2v) is 1.77. The maximum atomic E-state index is 2.00. The zero-order valence-corrected chi connectivity index (χ0v) is 11.5. The zero-order valence-electron chi connectivity index (χ0n) is 11.5. The highest BCUT2D eigenvalue weighted by atomic mass is 14.0. The Balaban J connectivity index is -0.0000000445. The van der Waals surface area contributed by atoms with Crippen molar-refractivity contribution in [1.82, 2.24) is 0 Å². The van der Waals surface area contributed by atoms with Gasteiger partial charge in [0.05, 0.1) is 0 Å². The van der Waals surface area contributed by atoms with Crippen LogP contribution in [0.25, 0.3) is 0 Å². The minimum absolute atomic E-state index is 1.50. The van der Waals surface area contributed by atoms with Crippen molar-refractivity contribution >= 4 is 0 Å². The van der Waals surface area contributed by atoms with Gasteiger partial charge in [0.2, 0.25) is 0 Å². The smallest absolute Gasteiger partial charge is 0.0533 e. The Kier molecular flexibility index (Phi) is 103. The summed E-state index contributed by atoms with van der Waals surface area (Å²) in [5.74, 6) is 0. The molecule has 0 radical (unpaired) electrons. The van der Waals surface area contributed by atoms with Gasteiger partial charge in [-0.15, -0.1) is 0 Å². The molecule has 1 saturated carbocycles. The molecule has 1 rings (SSSR count). The first-order valence-corrected chi connectivity index (χ1v) is 6.50. The van der Waals surface area contributed by atoms with Gasteiger partial charge in [-0.1, -0.05) is 87.5 Å². The van der Waals surface area contributed by atoms with Crippen molar-refractivity contribution < 1.29 is 0 Å². The summed E-state index contributed by atoms with van der Waals surface area (Å²) in [6.07, 6.45) is 7.50. The molecular weight excluding hydrogens is 156 g/mol. The molecule has 0 aromatic rings. The molecule has 0 aliphatic heterocycles. The summed E-state index contributed by atoms with van der Waals surface area (Å²) in [7, 11) is 0. The van der Waals surface area contributed by atoms with Crippen molar-refractivity contribution in [3.05, 3.63) is 0 Å². The predicted octanol–water partition coefficient (Wildman–Crippen LogP) is 6.06. The van der Waals surface area contributed by atoms with Crippen LogP contribution in [0.4, 0.5) is 0 Å². The van der Waals surface area contributed by atoms with Gasteiger partial charge in [-0.05, 0) is 0 Å². The van der Waals surface area contributed by atoms with E-state index in [2.05, 4.69) is 0 Å². The molecule has 0 saturated heterocycles. The third-order valence-electron chi connectivity index (χ3n) is 1.25. The Morgan fingerprint density at radius 2 is 0.385 bits per heavy atom. The van der Waals surface area contributed by atoms with Crippen molar-refractivity contribution in [3.63, 3.8) is 0 Å². The van der Waals surface area contributed by atoms with E-state index < -0.39 is 0 Å². The van der Waals surface area contributed by atoms with E-state index in [9.17, 15) is 0 Å². The molecule has 1 fully saturated rings. The van der Waals surface area contributed by atoms with Gasteiger partial charge in [-0.3, -0.25) is 0 Å². The normalized spacial score (nSPS) is 11.1.